The smallest absolute Gasteiger partial charge is 0.233 e. The number of aromatic nitrogens is 3. The second-order valence-electron chi connectivity index (χ2n) is 5.15. The van der Waals surface area contributed by atoms with Crippen LogP contribution in [0, 0.1) is 0 Å². The molecule has 7 nitrogen and oxygen atoms in total. The number of nitrogens with one attached hydrogen (secondary N) is 1. The van der Waals surface area contributed by atoms with Gasteiger partial charge in [-0.1, -0.05) is 49.0 Å². The Morgan fingerprint density at radius 3 is 2.35 bits per heavy atom. The Balaban J connectivity index is 1.87. The molecule has 0 saturated carbocycles. The number of nitrogen functional groups attached to an aromatic ring is 2. The summed E-state index contributed by atoms with van der Waals surface area (Å²) in [7, 11) is 0. The Morgan fingerprint density at radius 1 is 1.13 bits per heavy atom. The first-order valence-corrected chi connectivity index (χ1v) is 8.10. The number of benzene rings is 1. The summed E-state index contributed by atoms with van der Waals surface area (Å²) in [4.78, 5) is 23.8. The Morgan fingerprint density at radius 2 is 1.74 bits per heavy atom. The minimum Gasteiger partial charge on any atom is -0.368 e. The predicted octanol–water partition coefficient (Wildman–Crippen LogP) is 1.44. The molecule has 0 fully saturated rings. The van der Waals surface area contributed by atoms with Gasteiger partial charge in [0.2, 0.25) is 17.8 Å². The lowest BCUT2D eigenvalue weighted by molar-refractivity contribution is -0.120. The molecule has 2 unspecified atom stereocenters. The molecule has 0 radical (unpaired) electrons. The van der Waals surface area contributed by atoms with Crippen LogP contribution in [0.25, 0.3) is 0 Å². The van der Waals surface area contributed by atoms with Gasteiger partial charge in [-0.15, -0.1) is 0 Å². The largest absolute Gasteiger partial charge is 0.368 e. The summed E-state index contributed by atoms with van der Waals surface area (Å²) in [5.41, 5.74) is 12.2. The third kappa shape index (κ3) is 5.10. The molecule has 8 heteroatoms. The second kappa shape index (κ2) is 7.77. The highest BCUT2D eigenvalue weighted by atomic mass is 32.2. The fourth-order valence-electron chi connectivity index (χ4n) is 1.95. The first-order chi connectivity index (χ1) is 11.0. The van der Waals surface area contributed by atoms with Crippen molar-refractivity contribution in [3.8, 4) is 0 Å². The van der Waals surface area contributed by atoms with Gasteiger partial charge in [-0.2, -0.15) is 15.0 Å². The lowest BCUT2D eigenvalue weighted by Gasteiger charge is -2.15. The van der Waals surface area contributed by atoms with Crippen LogP contribution in [0.15, 0.2) is 35.5 Å². The number of rotatable bonds is 6. The number of nitrogens with two attached hydrogens (primary N) is 2. The van der Waals surface area contributed by atoms with E-state index >= 15 is 0 Å². The second-order valence-corrected chi connectivity index (χ2v) is 6.46. The van der Waals surface area contributed by atoms with E-state index in [-0.39, 0.29) is 29.0 Å². The van der Waals surface area contributed by atoms with Crippen LogP contribution in [0.2, 0.25) is 0 Å². The molecule has 0 spiro atoms. The van der Waals surface area contributed by atoms with Crippen LogP contribution in [0.1, 0.15) is 25.3 Å². The van der Waals surface area contributed by atoms with Crippen LogP contribution in [0.3, 0.4) is 0 Å². The van der Waals surface area contributed by atoms with Gasteiger partial charge in [0, 0.05) is 6.54 Å². The van der Waals surface area contributed by atoms with E-state index in [2.05, 4.69) is 27.2 Å². The Bertz CT molecular complexity index is 646. The summed E-state index contributed by atoms with van der Waals surface area (Å²) in [6.45, 7) is 4.42. The number of hydrogen-bond acceptors (Lipinski definition) is 7. The van der Waals surface area contributed by atoms with E-state index in [0.29, 0.717) is 11.7 Å². The lowest BCUT2D eigenvalue weighted by Crippen LogP contribution is -2.33. The summed E-state index contributed by atoms with van der Waals surface area (Å²) in [6.07, 6.45) is 0. The van der Waals surface area contributed by atoms with E-state index in [9.17, 15) is 4.79 Å². The fourth-order valence-corrected chi connectivity index (χ4v) is 2.75. The van der Waals surface area contributed by atoms with Crippen LogP contribution >= 0.6 is 11.8 Å². The quantitative estimate of drug-likeness (QED) is 0.684. The van der Waals surface area contributed by atoms with Gasteiger partial charge in [0.1, 0.15) is 0 Å². The maximum Gasteiger partial charge on any atom is 0.233 e. The van der Waals surface area contributed by atoms with Crippen LogP contribution in [-0.4, -0.2) is 32.7 Å². The monoisotopic (exact) mass is 332 g/mol. The standard InChI is InChI=1S/C15H20N6OS/c1-9(11-6-4-3-5-7-11)8-18-12(22)10(2)23-15-20-13(16)19-14(17)21-15/h3-7,9-10H,8H2,1-2H3,(H,18,22)(H4,16,17,19,20,21). The molecular weight excluding hydrogens is 312 g/mol. The molecule has 0 aliphatic carbocycles. The summed E-state index contributed by atoms with van der Waals surface area (Å²) in [5.74, 6) is 0.242. The molecule has 0 saturated heterocycles. The van der Waals surface area contributed by atoms with Gasteiger partial charge in [-0.3, -0.25) is 4.79 Å². The molecule has 1 aromatic heterocycles. The molecule has 5 N–H and O–H groups in total. The van der Waals surface area contributed by atoms with Crippen LogP contribution in [0.5, 0.6) is 0 Å². The normalized spacial score (nSPS) is 13.3. The molecule has 2 rings (SSSR count). The summed E-state index contributed by atoms with van der Waals surface area (Å²) in [5, 5.41) is 2.92. The molecule has 2 aromatic rings. The highest BCUT2D eigenvalue weighted by Gasteiger charge is 2.17. The summed E-state index contributed by atoms with van der Waals surface area (Å²) < 4.78 is 0. The third-order valence-electron chi connectivity index (χ3n) is 3.25. The van der Waals surface area contributed by atoms with Crippen molar-refractivity contribution in [3.63, 3.8) is 0 Å². The zero-order valence-electron chi connectivity index (χ0n) is 13.1. The summed E-state index contributed by atoms with van der Waals surface area (Å²) >= 11 is 1.19. The highest BCUT2D eigenvalue weighted by molar-refractivity contribution is 8.00. The number of hydrogen-bond donors (Lipinski definition) is 3. The Kier molecular flexibility index (Phi) is 5.75. The molecule has 0 bridgehead atoms. The van der Waals surface area contributed by atoms with Crippen molar-refractivity contribution in [2.45, 2.75) is 30.2 Å². The van der Waals surface area contributed by atoms with Crippen molar-refractivity contribution >= 4 is 29.6 Å². The van der Waals surface area contributed by atoms with E-state index in [1.165, 1.54) is 17.3 Å². The van der Waals surface area contributed by atoms with Gasteiger partial charge in [-0.05, 0) is 18.4 Å². The van der Waals surface area contributed by atoms with Gasteiger partial charge in [0.15, 0.2) is 5.16 Å². The van der Waals surface area contributed by atoms with Crippen LogP contribution in [-0.2, 0) is 4.79 Å². The number of carbonyl (C=O) groups is 1. The predicted molar refractivity (Wildman–Crippen MR) is 91.8 cm³/mol. The maximum atomic E-state index is 12.2. The first kappa shape index (κ1) is 17.0. The van der Waals surface area contributed by atoms with Crippen LogP contribution in [0.4, 0.5) is 11.9 Å². The molecular formula is C15H20N6OS. The molecule has 1 amide bonds. The number of thioether (sulfide) groups is 1. The van der Waals surface area contributed by atoms with Crippen molar-refractivity contribution in [1.29, 1.82) is 0 Å². The molecule has 0 aliphatic heterocycles. The fraction of sp³-hybridized carbons (Fsp3) is 0.333. The SMILES string of the molecule is CC(Sc1nc(N)nc(N)n1)C(=O)NCC(C)c1ccccc1. The number of anilines is 2. The van der Waals surface area contributed by atoms with E-state index in [1.807, 2.05) is 30.3 Å². The molecule has 1 aromatic carbocycles. The zero-order chi connectivity index (χ0) is 16.8. The highest BCUT2D eigenvalue weighted by Crippen LogP contribution is 2.20. The first-order valence-electron chi connectivity index (χ1n) is 7.22. The van der Waals surface area contributed by atoms with E-state index in [4.69, 9.17) is 11.5 Å². The van der Waals surface area contributed by atoms with E-state index in [0.717, 1.165) is 0 Å². The van der Waals surface area contributed by atoms with E-state index < -0.39 is 0 Å². The van der Waals surface area contributed by atoms with Gasteiger partial charge in [0.05, 0.1) is 5.25 Å². The minimum absolute atomic E-state index is 0.0466. The Hall–Kier alpha value is -2.35. The molecule has 2 atom stereocenters. The topological polar surface area (TPSA) is 120 Å². The lowest BCUT2D eigenvalue weighted by atomic mass is 10.0. The Labute approximate surface area is 139 Å². The average molecular weight is 332 g/mol. The molecule has 122 valence electrons. The molecule has 0 aliphatic rings. The summed E-state index contributed by atoms with van der Waals surface area (Å²) in [6, 6.07) is 10.0. The zero-order valence-corrected chi connectivity index (χ0v) is 13.9. The third-order valence-corrected chi connectivity index (χ3v) is 4.21. The van der Waals surface area contributed by atoms with Crippen molar-refractivity contribution in [3.05, 3.63) is 35.9 Å². The maximum absolute atomic E-state index is 12.2. The van der Waals surface area contributed by atoms with Crippen molar-refractivity contribution in [2.75, 3.05) is 18.0 Å². The van der Waals surface area contributed by atoms with Crippen molar-refractivity contribution in [2.24, 2.45) is 0 Å². The number of nitrogens with zero attached hydrogens (tertiary/aromatic N) is 3. The minimum atomic E-state index is -0.362. The number of amides is 1. The van der Waals surface area contributed by atoms with Crippen LogP contribution < -0.4 is 16.8 Å². The number of carbonyl (C=O) groups excluding carboxylic acids is 1. The van der Waals surface area contributed by atoms with Gasteiger partial charge < -0.3 is 16.8 Å². The van der Waals surface area contributed by atoms with Gasteiger partial charge in [-0.25, -0.2) is 0 Å². The van der Waals surface area contributed by atoms with Gasteiger partial charge in [0.25, 0.3) is 0 Å². The molecule has 1 heterocycles. The van der Waals surface area contributed by atoms with Crippen molar-refractivity contribution in [1.82, 2.24) is 20.3 Å². The van der Waals surface area contributed by atoms with Gasteiger partial charge >= 0.3 is 0 Å². The molecule has 23 heavy (non-hydrogen) atoms. The average Bonchev–Trinajstić information content (AvgIpc) is 2.52. The van der Waals surface area contributed by atoms with E-state index in [1.54, 1.807) is 6.92 Å². The van der Waals surface area contributed by atoms with Crippen molar-refractivity contribution < 1.29 is 4.79 Å².